The third-order valence-electron chi connectivity index (χ3n) is 4.26. The van der Waals surface area contributed by atoms with Crippen molar-refractivity contribution in [2.75, 3.05) is 6.54 Å². The van der Waals surface area contributed by atoms with E-state index in [4.69, 9.17) is 5.26 Å². The van der Waals surface area contributed by atoms with Crippen molar-refractivity contribution in [3.8, 4) is 6.07 Å². The number of hydrogen-bond donors (Lipinski definition) is 2. The van der Waals surface area contributed by atoms with Crippen molar-refractivity contribution in [2.45, 2.75) is 51.7 Å². The highest BCUT2D eigenvalue weighted by Gasteiger charge is 2.36. The molecule has 0 aromatic carbocycles. The van der Waals surface area contributed by atoms with Crippen molar-refractivity contribution < 1.29 is 5.11 Å². The summed E-state index contributed by atoms with van der Waals surface area (Å²) in [6, 6.07) is 5.70. The fourth-order valence-corrected chi connectivity index (χ4v) is 2.65. The first-order valence-corrected chi connectivity index (χ1v) is 7.21. The molecule has 2 rings (SSSR count). The summed E-state index contributed by atoms with van der Waals surface area (Å²) in [5.41, 5.74) is 1.23. The molecule has 0 radical (unpaired) electrons. The van der Waals surface area contributed by atoms with Gasteiger partial charge in [0.2, 0.25) is 0 Å². The van der Waals surface area contributed by atoms with Crippen molar-refractivity contribution >= 4 is 0 Å². The topological polar surface area (TPSA) is 68.9 Å². The first kappa shape index (κ1) is 15.0. The van der Waals surface area contributed by atoms with Crippen LogP contribution < -0.4 is 5.32 Å². The van der Waals surface area contributed by atoms with Gasteiger partial charge in [-0.2, -0.15) is 5.26 Å². The first-order valence-electron chi connectivity index (χ1n) is 7.21. The Labute approximate surface area is 120 Å². The lowest BCUT2D eigenvalue weighted by atomic mass is 9.71. The molecular weight excluding hydrogens is 250 g/mol. The maximum Gasteiger partial charge on any atom is 0.140 e. The zero-order valence-electron chi connectivity index (χ0n) is 12.3. The highest BCUT2D eigenvalue weighted by molar-refractivity contribution is 5.25. The average molecular weight is 273 g/mol. The summed E-state index contributed by atoms with van der Waals surface area (Å²) in [4.78, 5) is 3.95. The Morgan fingerprint density at radius 3 is 2.70 bits per heavy atom. The van der Waals surface area contributed by atoms with Crippen LogP contribution in [0.2, 0.25) is 0 Å². The lowest BCUT2D eigenvalue weighted by Gasteiger charge is -2.40. The zero-order valence-corrected chi connectivity index (χ0v) is 12.3. The lowest BCUT2D eigenvalue weighted by Crippen LogP contribution is -2.44. The van der Waals surface area contributed by atoms with Crippen LogP contribution in [0.25, 0.3) is 0 Å². The number of hydrogen-bond acceptors (Lipinski definition) is 4. The van der Waals surface area contributed by atoms with Gasteiger partial charge in [-0.25, -0.2) is 4.98 Å². The van der Waals surface area contributed by atoms with Crippen molar-refractivity contribution in [3.63, 3.8) is 0 Å². The average Bonchev–Trinajstić information content (AvgIpc) is 2.43. The third kappa shape index (κ3) is 4.03. The summed E-state index contributed by atoms with van der Waals surface area (Å²) in [5, 5.41) is 22.7. The highest BCUT2D eigenvalue weighted by Crippen LogP contribution is 2.39. The minimum Gasteiger partial charge on any atom is -0.389 e. The van der Waals surface area contributed by atoms with E-state index in [1.165, 1.54) is 0 Å². The number of aromatic nitrogens is 1. The van der Waals surface area contributed by atoms with E-state index in [9.17, 15) is 5.11 Å². The quantitative estimate of drug-likeness (QED) is 0.883. The molecule has 1 heterocycles. The van der Waals surface area contributed by atoms with E-state index < -0.39 is 5.60 Å². The molecule has 20 heavy (non-hydrogen) atoms. The lowest BCUT2D eigenvalue weighted by molar-refractivity contribution is -0.0245. The van der Waals surface area contributed by atoms with E-state index in [0.717, 1.165) is 31.2 Å². The largest absolute Gasteiger partial charge is 0.389 e. The van der Waals surface area contributed by atoms with Crippen LogP contribution in [0.3, 0.4) is 0 Å². The summed E-state index contributed by atoms with van der Waals surface area (Å²) < 4.78 is 0. The Morgan fingerprint density at radius 1 is 1.35 bits per heavy atom. The van der Waals surface area contributed by atoms with Crippen LogP contribution in [0, 0.1) is 16.7 Å². The molecule has 1 aromatic rings. The number of nitriles is 1. The monoisotopic (exact) mass is 273 g/mol. The second-order valence-corrected chi connectivity index (χ2v) is 6.65. The molecule has 0 aliphatic heterocycles. The molecule has 0 unspecified atom stereocenters. The van der Waals surface area contributed by atoms with Gasteiger partial charge in [-0.1, -0.05) is 13.8 Å². The van der Waals surface area contributed by atoms with Crippen LogP contribution in [0.5, 0.6) is 0 Å². The maximum absolute atomic E-state index is 10.6. The van der Waals surface area contributed by atoms with Crippen molar-refractivity contribution in [2.24, 2.45) is 5.41 Å². The number of nitrogens with zero attached hydrogens (tertiary/aromatic N) is 2. The fourth-order valence-electron chi connectivity index (χ4n) is 2.65. The second kappa shape index (κ2) is 5.90. The van der Waals surface area contributed by atoms with Crippen LogP contribution in [-0.2, 0) is 6.54 Å². The van der Waals surface area contributed by atoms with E-state index in [1.807, 2.05) is 12.1 Å². The van der Waals surface area contributed by atoms with Gasteiger partial charge >= 0.3 is 0 Å². The molecule has 1 aliphatic rings. The highest BCUT2D eigenvalue weighted by atomic mass is 16.3. The molecule has 1 fully saturated rings. The summed E-state index contributed by atoms with van der Waals surface area (Å²) in [6.45, 7) is 5.79. The van der Waals surface area contributed by atoms with Gasteiger partial charge in [-0.3, -0.25) is 0 Å². The summed E-state index contributed by atoms with van der Waals surface area (Å²) >= 11 is 0. The first-order chi connectivity index (χ1) is 9.42. The Bertz CT molecular complexity index is 495. The normalized spacial score (nSPS) is 20.3. The fraction of sp³-hybridized carbons (Fsp3) is 0.625. The Balaban J connectivity index is 1.82. The van der Waals surface area contributed by atoms with Gasteiger partial charge in [0.25, 0.3) is 0 Å². The molecule has 1 aromatic heterocycles. The van der Waals surface area contributed by atoms with E-state index in [1.54, 1.807) is 12.3 Å². The van der Waals surface area contributed by atoms with E-state index in [2.05, 4.69) is 24.1 Å². The predicted octanol–water partition coefficient (Wildman–Crippen LogP) is 2.37. The Hall–Kier alpha value is -1.44. The number of rotatable bonds is 4. The van der Waals surface area contributed by atoms with E-state index in [-0.39, 0.29) is 0 Å². The zero-order chi connectivity index (χ0) is 14.6. The van der Waals surface area contributed by atoms with E-state index >= 15 is 0 Å². The molecule has 108 valence electrons. The molecule has 1 aliphatic carbocycles. The van der Waals surface area contributed by atoms with Crippen molar-refractivity contribution in [3.05, 3.63) is 29.6 Å². The molecule has 2 N–H and O–H groups in total. The summed E-state index contributed by atoms with van der Waals surface area (Å²) in [7, 11) is 0. The van der Waals surface area contributed by atoms with Crippen LogP contribution in [0.15, 0.2) is 18.3 Å². The molecule has 4 heteroatoms. The smallest absolute Gasteiger partial charge is 0.140 e. The van der Waals surface area contributed by atoms with Gasteiger partial charge in [0, 0.05) is 19.3 Å². The summed E-state index contributed by atoms with van der Waals surface area (Å²) in [6.07, 6.45) is 5.49. The maximum atomic E-state index is 10.6. The van der Waals surface area contributed by atoms with Gasteiger partial charge in [-0.15, -0.1) is 0 Å². The minimum absolute atomic E-state index is 0.360. The van der Waals surface area contributed by atoms with Gasteiger partial charge in [0.1, 0.15) is 11.8 Å². The molecule has 1 saturated carbocycles. The number of aliphatic hydroxyl groups is 1. The molecular formula is C16H23N3O. The van der Waals surface area contributed by atoms with Crippen LogP contribution in [0.1, 0.15) is 50.8 Å². The molecule has 0 atom stereocenters. The molecule has 4 nitrogen and oxygen atoms in total. The number of pyridine rings is 1. The van der Waals surface area contributed by atoms with Crippen LogP contribution >= 0.6 is 0 Å². The molecule has 0 bridgehead atoms. The Morgan fingerprint density at radius 2 is 2.05 bits per heavy atom. The van der Waals surface area contributed by atoms with Gasteiger partial charge in [-0.05, 0) is 48.8 Å². The van der Waals surface area contributed by atoms with Crippen molar-refractivity contribution in [1.29, 1.82) is 5.26 Å². The summed E-state index contributed by atoms with van der Waals surface area (Å²) in [5.74, 6) is 0. The van der Waals surface area contributed by atoms with Gasteiger partial charge < -0.3 is 10.4 Å². The Kier molecular flexibility index (Phi) is 4.42. The molecule has 0 saturated heterocycles. The SMILES string of the molecule is CC1(C)CCC(O)(CNCc2ccnc(C#N)c2)CC1. The van der Waals surface area contributed by atoms with Crippen molar-refractivity contribution in [1.82, 2.24) is 10.3 Å². The molecule has 0 amide bonds. The second-order valence-electron chi connectivity index (χ2n) is 6.65. The third-order valence-corrected chi connectivity index (χ3v) is 4.26. The van der Waals surface area contributed by atoms with Gasteiger partial charge in [0.05, 0.1) is 5.60 Å². The standard InChI is InChI=1S/C16H23N3O/c1-15(2)4-6-16(20,7-5-15)12-18-11-13-3-8-19-14(9-13)10-17/h3,8-9,18,20H,4-7,11-12H2,1-2H3. The van der Waals surface area contributed by atoms with Crippen LogP contribution in [0.4, 0.5) is 0 Å². The van der Waals surface area contributed by atoms with Crippen LogP contribution in [-0.4, -0.2) is 22.2 Å². The van der Waals surface area contributed by atoms with E-state index in [0.29, 0.717) is 24.2 Å². The minimum atomic E-state index is -0.583. The predicted molar refractivity (Wildman–Crippen MR) is 77.9 cm³/mol. The number of nitrogens with one attached hydrogen (secondary N) is 1. The molecule has 0 spiro atoms. The van der Waals surface area contributed by atoms with Gasteiger partial charge in [0.15, 0.2) is 0 Å².